The van der Waals surface area contributed by atoms with Gasteiger partial charge in [0, 0.05) is 5.39 Å². The lowest BCUT2D eigenvalue weighted by atomic mass is 10.1. The third-order valence-corrected chi connectivity index (χ3v) is 4.46. The molecule has 2 aromatic heterocycles. The van der Waals surface area contributed by atoms with E-state index < -0.39 is 0 Å². The lowest BCUT2D eigenvalue weighted by Crippen LogP contribution is -2.03. The highest BCUT2D eigenvalue weighted by Gasteiger charge is 2.19. The van der Waals surface area contributed by atoms with Crippen LogP contribution in [0.15, 0.2) is 42.5 Å². The molecule has 1 aliphatic heterocycles. The molecule has 0 spiro atoms. The van der Waals surface area contributed by atoms with E-state index in [9.17, 15) is 0 Å². The van der Waals surface area contributed by atoms with Crippen molar-refractivity contribution in [3.63, 3.8) is 0 Å². The molecule has 0 unspecified atom stereocenters. The van der Waals surface area contributed by atoms with E-state index in [1.807, 2.05) is 42.5 Å². The quantitative estimate of drug-likeness (QED) is 0.447. The SMILES string of the molecule is Nc1snc2cc3c4c(ccc3nc12)Oc1ccccc1N4. The zero-order valence-electron chi connectivity index (χ0n) is 11.3. The van der Waals surface area contributed by atoms with Crippen LogP contribution in [0.4, 0.5) is 16.4 Å². The number of ether oxygens (including phenoxy) is 1. The van der Waals surface area contributed by atoms with Gasteiger partial charge in [0.2, 0.25) is 0 Å². The molecule has 6 heteroatoms. The number of fused-ring (bicyclic) bond motifs is 5. The second kappa shape index (κ2) is 4.08. The zero-order valence-corrected chi connectivity index (χ0v) is 12.1. The fraction of sp³-hybridized carbons (Fsp3) is 0. The first-order valence-corrected chi connectivity index (χ1v) is 7.59. The number of nitrogens with one attached hydrogen (secondary N) is 1. The van der Waals surface area contributed by atoms with Crippen LogP contribution in [0.3, 0.4) is 0 Å². The third kappa shape index (κ3) is 1.52. The van der Waals surface area contributed by atoms with E-state index in [0.717, 1.165) is 44.8 Å². The fourth-order valence-corrected chi connectivity index (χ4v) is 3.31. The Morgan fingerprint density at radius 1 is 1.05 bits per heavy atom. The van der Waals surface area contributed by atoms with E-state index in [1.165, 1.54) is 11.5 Å². The molecule has 1 aliphatic rings. The summed E-state index contributed by atoms with van der Waals surface area (Å²) in [5, 5.41) is 5.05. The van der Waals surface area contributed by atoms with Crippen molar-refractivity contribution in [2.75, 3.05) is 11.1 Å². The van der Waals surface area contributed by atoms with E-state index in [0.29, 0.717) is 5.00 Å². The molecule has 0 saturated heterocycles. The first-order valence-electron chi connectivity index (χ1n) is 6.82. The topological polar surface area (TPSA) is 73.1 Å². The normalized spacial score (nSPS) is 12.5. The number of rotatable bonds is 0. The van der Waals surface area contributed by atoms with E-state index in [2.05, 4.69) is 14.7 Å². The summed E-state index contributed by atoms with van der Waals surface area (Å²) in [5.74, 6) is 1.61. The first kappa shape index (κ1) is 11.8. The highest BCUT2D eigenvalue weighted by atomic mass is 32.1. The van der Waals surface area contributed by atoms with E-state index in [4.69, 9.17) is 10.5 Å². The van der Waals surface area contributed by atoms with Crippen molar-refractivity contribution >= 4 is 49.8 Å². The number of aromatic nitrogens is 2. The number of nitrogen functional groups attached to an aromatic ring is 1. The Balaban J connectivity index is 1.81. The maximum atomic E-state index is 5.97. The van der Waals surface area contributed by atoms with Crippen molar-refractivity contribution in [1.29, 1.82) is 0 Å². The van der Waals surface area contributed by atoms with Gasteiger partial charge in [-0.2, -0.15) is 4.37 Å². The van der Waals surface area contributed by atoms with Crippen molar-refractivity contribution in [3.05, 3.63) is 42.5 Å². The molecule has 0 bridgehead atoms. The standard InChI is InChI=1S/C16H10N4OS/c17-16-15-11(20-22-16)7-8-9(18-15)5-6-13-14(8)19-10-3-1-2-4-12(10)21-13/h1-7,19H,17H2. The number of anilines is 3. The first-order chi connectivity index (χ1) is 10.8. The lowest BCUT2D eigenvalue weighted by Gasteiger charge is -2.22. The summed E-state index contributed by atoms with van der Waals surface area (Å²) < 4.78 is 10.3. The van der Waals surface area contributed by atoms with Crippen molar-refractivity contribution in [2.45, 2.75) is 0 Å². The van der Waals surface area contributed by atoms with Gasteiger partial charge in [-0.25, -0.2) is 4.98 Å². The number of hydrogen-bond donors (Lipinski definition) is 2. The van der Waals surface area contributed by atoms with Crippen LogP contribution in [-0.4, -0.2) is 9.36 Å². The molecule has 5 rings (SSSR count). The summed E-state index contributed by atoms with van der Waals surface area (Å²) in [6.07, 6.45) is 0. The number of pyridine rings is 1. The highest BCUT2D eigenvalue weighted by Crippen LogP contribution is 2.45. The van der Waals surface area contributed by atoms with Crippen LogP contribution in [0.1, 0.15) is 0 Å². The molecule has 0 atom stereocenters. The van der Waals surface area contributed by atoms with Gasteiger partial charge in [0.05, 0.1) is 16.9 Å². The fourth-order valence-electron chi connectivity index (χ4n) is 2.73. The van der Waals surface area contributed by atoms with Crippen LogP contribution < -0.4 is 15.8 Å². The highest BCUT2D eigenvalue weighted by molar-refractivity contribution is 7.11. The minimum absolute atomic E-state index is 0.643. The molecule has 3 N–H and O–H groups in total. The molecule has 2 aromatic carbocycles. The summed E-state index contributed by atoms with van der Waals surface area (Å²) in [7, 11) is 0. The second-order valence-corrected chi connectivity index (χ2v) is 5.94. The van der Waals surface area contributed by atoms with Crippen LogP contribution >= 0.6 is 11.5 Å². The number of nitrogens with two attached hydrogens (primary N) is 1. The minimum atomic E-state index is 0.643. The van der Waals surface area contributed by atoms with E-state index in [-0.39, 0.29) is 0 Å². The van der Waals surface area contributed by atoms with Crippen LogP contribution in [0.5, 0.6) is 11.5 Å². The van der Waals surface area contributed by atoms with Gasteiger partial charge in [0.15, 0.2) is 11.5 Å². The average molecular weight is 306 g/mol. The Morgan fingerprint density at radius 2 is 1.95 bits per heavy atom. The molecule has 0 saturated carbocycles. The smallest absolute Gasteiger partial charge is 0.151 e. The minimum Gasteiger partial charge on any atom is -0.453 e. The number of benzene rings is 2. The van der Waals surface area contributed by atoms with Gasteiger partial charge in [0.1, 0.15) is 16.0 Å². The summed E-state index contributed by atoms with van der Waals surface area (Å²) in [6.45, 7) is 0. The van der Waals surface area contributed by atoms with Gasteiger partial charge in [0.25, 0.3) is 0 Å². The molecule has 106 valence electrons. The Hall–Kier alpha value is -2.86. The molecule has 0 aliphatic carbocycles. The van der Waals surface area contributed by atoms with E-state index >= 15 is 0 Å². The van der Waals surface area contributed by atoms with Crippen molar-refractivity contribution in [3.8, 4) is 11.5 Å². The molecule has 0 fully saturated rings. The lowest BCUT2D eigenvalue weighted by molar-refractivity contribution is 0.482. The summed E-state index contributed by atoms with van der Waals surface area (Å²) in [5.41, 5.74) is 10.2. The summed E-state index contributed by atoms with van der Waals surface area (Å²) >= 11 is 1.27. The van der Waals surface area contributed by atoms with E-state index in [1.54, 1.807) is 0 Å². The van der Waals surface area contributed by atoms with Crippen molar-refractivity contribution in [1.82, 2.24) is 9.36 Å². The maximum Gasteiger partial charge on any atom is 0.151 e. The Kier molecular flexibility index (Phi) is 2.18. The van der Waals surface area contributed by atoms with Gasteiger partial charge in [-0.1, -0.05) is 12.1 Å². The Labute approximate surface area is 129 Å². The number of nitrogens with zero attached hydrogens (tertiary/aromatic N) is 2. The molecule has 0 radical (unpaired) electrons. The Bertz CT molecular complexity index is 1060. The van der Waals surface area contributed by atoms with Crippen LogP contribution in [0.2, 0.25) is 0 Å². The predicted octanol–water partition coefficient (Wildman–Crippen LogP) is 4.28. The van der Waals surface area contributed by atoms with Crippen LogP contribution in [0, 0.1) is 0 Å². The monoisotopic (exact) mass is 306 g/mol. The molecule has 3 heterocycles. The zero-order chi connectivity index (χ0) is 14.7. The molecular weight excluding hydrogens is 296 g/mol. The van der Waals surface area contributed by atoms with Gasteiger partial charge in [-0.3, -0.25) is 0 Å². The molecule has 0 amide bonds. The third-order valence-electron chi connectivity index (χ3n) is 3.78. The van der Waals surface area contributed by atoms with Gasteiger partial charge < -0.3 is 15.8 Å². The average Bonchev–Trinajstić information content (AvgIpc) is 2.92. The van der Waals surface area contributed by atoms with Crippen LogP contribution in [-0.2, 0) is 0 Å². The number of para-hydroxylation sites is 2. The number of hydrogen-bond acceptors (Lipinski definition) is 6. The largest absolute Gasteiger partial charge is 0.453 e. The van der Waals surface area contributed by atoms with Gasteiger partial charge >= 0.3 is 0 Å². The predicted molar refractivity (Wildman–Crippen MR) is 89.1 cm³/mol. The van der Waals surface area contributed by atoms with Crippen LogP contribution in [0.25, 0.3) is 21.9 Å². The van der Waals surface area contributed by atoms with Crippen molar-refractivity contribution in [2.24, 2.45) is 0 Å². The summed E-state index contributed by atoms with van der Waals surface area (Å²) in [6, 6.07) is 13.7. The van der Waals surface area contributed by atoms with Crippen molar-refractivity contribution < 1.29 is 4.74 Å². The molecule has 5 nitrogen and oxygen atoms in total. The molecule has 4 aromatic rings. The molecule has 22 heavy (non-hydrogen) atoms. The molecular formula is C16H10N4OS. The maximum absolute atomic E-state index is 5.97. The summed E-state index contributed by atoms with van der Waals surface area (Å²) in [4.78, 5) is 4.63. The van der Waals surface area contributed by atoms with Gasteiger partial charge in [-0.15, -0.1) is 0 Å². The second-order valence-electron chi connectivity index (χ2n) is 5.13. The Morgan fingerprint density at radius 3 is 2.91 bits per heavy atom. The van der Waals surface area contributed by atoms with Gasteiger partial charge in [-0.05, 0) is 41.9 Å².